The minimum Gasteiger partial charge on any atom is -0.347 e. The smallest absolute Gasteiger partial charge is 0.129 e. The lowest BCUT2D eigenvalue weighted by molar-refractivity contribution is 0.394. The van der Waals surface area contributed by atoms with Gasteiger partial charge >= 0.3 is 0 Å². The van der Waals surface area contributed by atoms with Crippen LogP contribution in [-0.2, 0) is 6.54 Å². The number of nitrogens with one attached hydrogen (secondary N) is 2. The molecule has 1 aromatic carbocycles. The first-order chi connectivity index (χ1) is 9.08. The Labute approximate surface area is 117 Å². The zero-order chi connectivity index (χ0) is 13.8. The standard InChI is InChI=1S/C14H17ClFN3/c1-9(2)14(18-7-11-6-17-8-19-11)12-4-3-10(15)5-13(12)16/h3-6,8-9,14,18H,7H2,1-2H3,(H,17,19)/t14-/m1/s1. The Morgan fingerprint density at radius 1 is 1.42 bits per heavy atom. The summed E-state index contributed by atoms with van der Waals surface area (Å²) >= 11 is 5.79. The molecule has 0 radical (unpaired) electrons. The Morgan fingerprint density at radius 2 is 2.21 bits per heavy atom. The minimum absolute atomic E-state index is 0.0689. The van der Waals surface area contributed by atoms with Gasteiger partial charge in [0.05, 0.1) is 6.33 Å². The molecule has 0 aliphatic carbocycles. The van der Waals surface area contributed by atoms with Crippen molar-refractivity contribution in [2.45, 2.75) is 26.4 Å². The van der Waals surface area contributed by atoms with E-state index in [9.17, 15) is 4.39 Å². The molecule has 0 bridgehead atoms. The average Bonchev–Trinajstić information content (AvgIpc) is 2.84. The molecule has 2 N–H and O–H groups in total. The summed E-state index contributed by atoms with van der Waals surface area (Å²) in [6.07, 6.45) is 3.38. The van der Waals surface area contributed by atoms with Gasteiger partial charge in [-0.05, 0) is 18.1 Å². The first kappa shape index (κ1) is 14.0. The van der Waals surface area contributed by atoms with Crippen LogP contribution in [0.2, 0.25) is 5.02 Å². The molecule has 0 amide bonds. The second-order valence-corrected chi connectivity index (χ2v) is 5.28. The van der Waals surface area contributed by atoms with Gasteiger partial charge in [-0.25, -0.2) is 9.37 Å². The van der Waals surface area contributed by atoms with Gasteiger partial charge in [0.2, 0.25) is 0 Å². The quantitative estimate of drug-likeness (QED) is 0.877. The van der Waals surface area contributed by atoms with Crippen LogP contribution in [0.5, 0.6) is 0 Å². The predicted octanol–water partition coefficient (Wildman–Crippen LogP) is 3.69. The third kappa shape index (κ3) is 3.55. The van der Waals surface area contributed by atoms with Gasteiger partial charge in [0.25, 0.3) is 0 Å². The highest BCUT2D eigenvalue weighted by Crippen LogP contribution is 2.26. The van der Waals surface area contributed by atoms with Crippen LogP contribution in [0.3, 0.4) is 0 Å². The molecule has 19 heavy (non-hydrogen) atoms. The zero-order valence-corrected chi connectivity index (χ0v) is 11.7. The van der Waals surface area contributed by atoms with E-state index in [-0.39, 0.29) is 17.8 Å². The summed E-state index contributed by atoms with van der Waals surface area (Å²) in [5, 5.41) is 3.76. The summed E-state index contributed by atoms with van der Waals surface area (Å²) in [6, 6.07) is 4.74. The molecule has 1 heterocycles. The summed E-state index contributed by atoms with van der Waals surface area (Å²) in [7, 11) is 0. The van der Waals surface area contributed by atoms with Crippen molar-refractivity contribution in [3.8, 4) is 0 Å². The molecule has 0 saturated heterocycles. The van der Waals surface area contributed by atoms with E-state index in [4.69, 9.17) is 11.6 Å². The first-order valence-corrected chi connectivity index (χ1v) is 6.61. The highest BCUT2D eigenvalue weighted by molar-refractivity contribution is 6.30. The molecule has 1 aromatic heterocycles. The Morgan fingerprint density at radius 3 is 2.79 bits per heavy atom. The van der Waals surface area contributed by atoms with Crippen LogP contribution < -0.4 is 5.32 Å². The molecule has 0 aliphatic rings. The molecule has 2 aromatic rings. The van der Waals surface area contributed by atoms with E-state index < -0.39 is 0 Å². The molecule has 0 aliphatic heterocycles. The van der Waals surface area contributed by atoms with E-state index in [0.29, 0.717) is 17.1 Å². The lowest BCUT2D eigenvalue weighted by atomic mass is 9.95. The van der Waals surface area contributed by atoms with Crippen molar-refractivity contribution >= 4 is 11.6 Å². The highest BCUT2D eigenvalue weighted by atomic mass is 35.5. The largest absolute Gasteiger partial charge is 0.347 e. The van der Waals surface area contributed by atoms with Gasteiger partial charge in [-0.3, -0.25) is 0 Å². The van der Waals surface area contributed by atoms with E-state index >= 15 is 0 Å². The Bertz CT molecular complexity index is 525. The number of nitrogens with zero attached hydrogens (tertiary/aromatic N) is 1. The first-order valence-electron chi connectivity index (χ1n) is 6.23. The van der Waals surface area contributed by atoms with E-state index in [1.165, 1.54) is 6.07 Å². The van der Waals surface area contributed by atoms with Gasteiger partial charge in [-0.1, -0.05) is 31.5 Å². The maximum atomic E-state index is 14.0. The molecule has 102 valence electrons. The molecule has 2 rings (SSSR count). The summed E-state index contributed by atoms with van der Waals surface area (Å²) in [5.74, 6) is -0.0121. The van der Waals surface area contributed by atoms with Crippen LogP contribution in [0.1, 0.15) is 31.1 Å². The summed E-state index contributed by atoms with van der Waals surface area (Å²) < 4.78 is 14.0. The van der Waals surface area contributed by atoms with Crippen LogP contribution in [0.15, 0.2) is 30.7 Å². The second kappa shape index (κ2) is 6.17. The van der Waals surface area contributed by atoms with E-state index in [2.05, 4.69) is 29.1 Å². The molecule has 5 heteroatoms. The second-order valence-electron chi connectivity index (χ2n) is 4.85. The number of imidazole rings is 1. The number of benzene rings is 1. The molecule has 0 fully saturated rings. The number of rotatable bonds is 5. The molecule has 0 saturated carbocycles. The molecule has 3 nitrogen and oxygen atoms in total. The number of hydrogen-bond donors (Lipinski definition) is 2. The molecule has 0 spiro atoms. The van der Waals surface area contributed by atoms with Crippen LogP contribution in [0.4, 0.5) is 4.39 Å². The van der Waals surface area contributed by atoms with Crippen molar-refractivity contribution in [1.29, 1.82) is 0 Å². The van der Waals surface area contributed by atoms with Crippen LogP contribution in [0.25, 0.3) is 0 Å². The van der Waals surface area contributed by atoms with Gasteiger partial charge in [-0.15, -0.1) is 0 Å². The fraction of sp³-hybridized carbons (Fsp3) is 0.357. The van der Waals surface area contributed by atoms with Crippen molar-refractivity contribution in [1.82, 2.24) is 15.3 Å². The molecular weight excluding hydrogens is 265 g/mol. The van der Waals surface area contributed by atoms with Gasteiger partial charge in [0, 0.05) is 35.1 Å². The van der Waals surface area contributed by atoms with Gasteiger partial charge in [0.1, 0.15) is 5.82 Å². The number of aromatic nitrogens is 2. The van der Waals surface area contributed by atoms with E-state index in [0.717, 1.165) is 5.69 Å². The number of halogens is 2. The summed E-state index contributed by atoms with van der Waals surface area (Å²) in [6.45, 7) is 4.72. The monoisotopic (exact) mass is 281 g/mol. The Hall–Kier alpha value is -1.39. The van der Waals surface area contributed by atoms with Crippen molar-refractivity contribution in [2.24, 2.45) is 5.92 Å². The molecular formula is C14H17ClFN3. The highest BCUT2D eigenvalue weighted by Gasteiger charge is 2.19. The van der Waals surface area contributed by atoms with Gasteiger partial charge in [-0.2, -0.15) is 0 Å². The van der Waals surface area contributed by atoms with Crippen molar-refractivity contribution in [2.75, 3.05) is 0 Å². The zero-order valence-electron chi connectivity index (χ0n) is 11.0. The maximum absolute atomic E-state index is 14.0. The van der Waals surface area contributed by atoms with Crippen molar-refractivity contribution < 1.29 is 4.39 Å². The van der Waals surface area contributed by atoms with E-state index in [1.54, 1.807) is 24.7 Å². The topological polar surface area (TPSA) is 40.7 Å². The van der Waals surface area contributed by atoms with Crippen LogP contribution >= 0.6 is 11.6 Å². The average molecular weight is 282 g/mol. The lowest BCUT2D eigenvalue weighted by Crippen LogP contribution is -2.26. The predicted molar refractivity (Wildman–Crippen MR) is 74.4 cm³/mol. The van der Waals surface area contributed by atoms with Crippen LogP contribution in [0, 0.1) is 11.7 Å². The minimum atomic E-state index is -0.275. The number of hydrogen-bond acceptors (Lipinski definition) is 2. The SMILES string of the molecule is CC(C)[C@@H](NCc1cnc[nH]1)c1ccc(Cl)cc1F. The Kier molecular flexibility index (Phi) is 4.56. The van der Waals surface area contributed by atoms with Gasteiger partial charge in [0.15, 0.2) is 0 Å². The molecule has 1 atom stereocenters. The van der Waals surface area contributed by atoms with Gasteiger partial charge < -0.3 is 10.3 Å². The molecule has 0 unspecified atom stereocenters. The normalized spacial score (nSPS) is 12.9. The van der Waals surface area contributed by atoms with Crippen LogP contribution in [-0.4, -0.2) is 9.97 Å². The third-order valence-electron chi connectivity index (χ3n) is 3.03. The maximum Gasteiger partial charge on any atom is 0.129 e. The fourth-order valence-electron chi connectivity index (χ4n) is 2.06. The number of aromatic amines is 1. The third-order valence-corrected chi connectivity index (χ3v) is 3.27. The summed E-state index contributed by atoms with van der Waals surface area (Å²) in [5.41, 5.74) is 1.61. The fourth-order valence-corrected chi connectivity index (χ4v) is 2.22. The van der Waals surface area contributed by atoms with Crippen molar-refractivity contribution in [3.63, 3.8) is 0 Å². The summed E-state index contributed by atoms with van der Waals surface area (Å²) in [4.78, 5) is 6.98. The van der Waals surface area contributed by atoms with Crippen molar-refractivity contribution in [3.05, 3.63) is 52.8 Å². The van der Waals surface area contributed by atoms with E-state index in [1.807, 2.05) is 0 Å². The lowest BCUT2D eigenvalue weighted by Gasteiger charge is -2.23. The number of H-pyrrole nitrogens is 1. The Balaban J connectivity index is 2.15.